The van der Waals surface area contributed by atoms with Crippen molar-refractivity contribution in [2.75, 3.05) is 24.6 Å². The third-order valence-electron chi connectivity index (χ3n) is 3.87. The van der Waals surface area contributed by atoms with E-state index in [2.05, 4.69) is 10.6 Å². The van der Waals surface area contributed by atoms with Crippen molar-refractivity contribution in [3.8, 4) is 0 Å². The van der Waals surface area contributed by atoms with Crippen molar-refractivity contribution < 1.29 is 23.9 Å². The molecule has 1 aromatic rings. The van der Waals surface area contributed by atoms with Gasteiger partial charge in [-0.1, -0.05) is 19.4 Å². The molecule has 0 aliphatic carbocycles. The maximum atomic E-state index is 12.1. The number of anilines is 1. The second kappa shape index (κ2) is 9.55. The molecule has 2 N–H and O–H groups in total. The molecule has 2 rings (SSSR count). The number of carbonyl (C=O) groups excluding carboxylic acids is 4. The lowest BCUT2D eigenvalue weighted by Crippen LogP contribution is -2.41. The SMILES string of the molecule is CCCCNC(=O)NC(=O)COC(=O)c1cccc(N2CCCC2=O)c1. The second-order valence-electron chi connectivity index (χ2n) is 5.93. The molecule has 1 aromatic carbocycles. The number of unbranched alkanes of at least 4 members (excludes halogenated alkanes) is 1. The number of nitrogens with one attached hydrogen (secondary N) is 2. The highest BCUT2D eigenvalue weighted by molar-refractivity contribution is 5.99. The number of esters is 1. The van der Waals surface area contributed by atoms with Crippen molar-refractivity contribution in [2.45, 2.75) is 32.6 Å². The molecule has 140 valence electrons. The van der Waals surface area contributed by atoms with E-state index in [0.717, 1.165) is 19.3 Å². The molecule has 8 heteroatoms. The minimum Gasteiger partial charge on any atom is -0.452 e. The van der Waals surface area contributed by atoms with Crippen LogP contribution in [-0.4, -0.2) is 43.5 Å². The fourth-order valence-electron chi connectivity index (χ4n) is 2.52. The normalized spacial score (nSPS) is 13.4. The molecular formula is C18H23N3O5. The van der Waals surface area contributed by atoms with Crippen molar-refractivity contribution in [1.82, 2.24) is 10.6 Å². The van der Waals surface area contributed by atoms with Crippen LogP contribution in [0.2, 0.25) is 0 Å². The standard InChI is InChI=1S/C18H23N3O5/c1-2-3-9-19-18(25)20-15(22)12-26-17(24)13-6-4-7-14(11-13)21-10-5-8-16(21)23/h4,6-7,11H,2-3,5,8-10,12H2,1H3,(H2,19,20,22,25). The fraction of sp³-hybridized carbons (Fsp3) is 0.444. The number of nitrogens with zero attached hydrogens (tertiary/aromatic N) is 1. The summed E-state index contributed by atoms with van der Waals surface area (Å²) in [5.41, 5.74) is 0.865. The molecule has 0 radical (unpaired) electrons. The first-order valence-corrected chi connectivity index (χ1v) is 8.66. The van der Waals surface area contributed by atoms with Crippen LogP contribution in [0.15, 0.2) is 24.3 Å². The smallest absolute Gasteiger partial charge is 0.338 e. The first kappa shape index (κ1) is 19.4. The molecule has 1 aliphatic heterocycles. The molecule has 1 heterocycles. The van der Waals surface area contributed by atoms with Gasteiger partial charge in [0.15, 0.2) is 6.61 Å². The Morgan fingerprint density at radius 3 is 2.77 bits per heavy atom. The lowest BCUT2D eigenvalue weighted by Gasteiger charge is -2.16. The highest BCUT2D eigenvalue weighted by Crippen LogP contribution is 2.22. The zero-order chi connectivity index (χ0) is 18.9. The van der Waals surface area contributed by atoms with Crippen molar-refractivity contribution in [3.05, 3.63) is 29.8 Å². The van der Waals surface area contributed by atoms with Gasteiger partial charge in [0.1, 0.15) is 0 Å². The number of urea groups is 1. The summed E-state index contributed by atoms with van der Waals surface area (Å²) in [6.07, 6.45) is 3.02. The second-order valence-corrected chi connectivity index (χ2v) is 5.93. The largest absolute Gasteiger partial charge is 0.452 e. The highest BCUT2D eigenvalue weighted by Gasteiger charge is 2.22. The Morgan fingerprint density at radius 2 is 2.08 bits per heavy atom. The van der Waals surface area contributed by atoms with Gasteiger partial charge < -0.3 is 15.0 Å². The Hall–Kier alpha value is -2.90. The first-order valence-electron chi connectivity index (χ1n) is 8.66. The number of benzene rings is 1. The first-order chi connectivity index (χ1) is 12.5. The van der Waals surface area contributed by atoms with E-state index in [4.69, 9.17) is 4.74 Å². The van der Waals surface area contributed by atoms with E-state index in [-0.39, 0.29) is 11.5 Å². The number of amides is 4. The Kier molecular flexibility index (Phi) is 7.13. The van der Waals surface area contributed by atoms with Gasteiger partial charge in [-0.15, -0.1) is 0 Å². The number of hydrogen-bond donors (Lipinski definition) is 2. The van der Waals surface area contributed by atoms with E-state index >= 15 is 0 Å². The Morgan fingerprint density at radius 1 is 1.27 bits per heavy atom. The quantitative estimate of drug-likeness (QED) is 0.567. The van der Waals surface area contributed by atoms with Gasteiger partial charge >= 0.3 is 12.0 Å². The molecule has 1 aliphatic rings. The van der Waals surface area contributed by atoms with Gasteiger partial charge in [0.2, 0.25) is 5.91 Å². The number of rotatable bonds is 7. The van der Waals surface area contributed by atoms with Crippen LogP contribution >= 0.6 is 0 Å². The predicted molar refractivity (Wildman–Crippen MR) is 94.8 cm³/mol. The number of ether oxygens (including phenoxy) is 1. The summed E-state index contributed by atoms with van der Waals surface area (Å²) in [6, 6.07) is 5.88. The molecule has 0 saturated carbocycles. The molecule has 26 heavy (non-hydrogen) atoms. The monoisotopic (exact) mass is 361 g/mol. The van der Waals surface area contributed by atoms with Gasteiger partial charge in [0.05, 0.1) is 5.56 Å². The maximum Gasteiger partial charge on any atom is 0.338 e. The zero-order valence-corrected chi connectivity index (χ0v) is 14.7. The van der Waals surface area contributed by atoms with Crippen LogP contribution in [0, 0.1) is 0 Å². The van der Waals surface area contributed by atoms with Crippen LogP contribution in [0.3, 0.4) is 0 Å². The molecule has 4 amide bonds. The molecule has 0 aromatic heterocycles. The van der Waals surface area contributed by atoms with Gasteiger partial charge in [0.25, 0.3) is 5.91 Å². The predicted octanol–water partition coefficient (Wildman–Crippen LogP) is 1.60. The van der Waals surface area contributed by atoms with E-state index in [9.17, 15) is 19.2 Å². The Labute approximate surface area is 151 Å². The molecule has 1 saturated heterocycles. The number of hydrogen-bond acceptors (Lipinski definition) is 5. The molecule has 1 fully saturated rings. The summed E-state index contributed by atoms with van der Waals surface area (Å²) in [5.74, 6) is -1.39. The molecular weight excluding hydrogens is 338 g/mol. The van der Waals surface area contributed by atoms with Gasteiger partial charge in [-0.05, 0) is 31.0 Å². The third-order valence-corrected chi connectivity index (χ3v) is 3.87. The van der Waals surface area contributed by atoms with Crippen molar-refractivity contribution in [3.63, 3.8) is 0 Å². The summed E-state index contributed by atoms with van der Waals surface area (Å²) in [5, 5.41) is 4.62. The van der Waals surface area contributed by atoms with Crippen LogP contribution in [-0.2, 0) is 14.3 Å². The summed E-state index contributed by atoms with van der Waals surface area (Å²) < 4.78 is 4.93. The van der Waals surface area contributed by atoms with Crippen molar-refractivity contribution in [2.24, 2.45) is 0 Å². The van der Waals surface area contributed by atoms with E-state index in [1.54, 1.807) is 29.2 Å². The summed E-state index contributed by atoms with van der Waals surface area (Å²) in [4.78, 5) is 48.6. The molecule has 8 nitrogen and oxygen atoms in total. The van der Waals surface area contributed by atoms with Gasteiger partial charge in [-0.3, -0.25) is 14.9 Å². The molecule has 0 bridgehead atoms. The maximum absolute atomic E-state index is 12.1. The third kappa shape index (κ3) is 5.58. The Balaban J connectivity index is 1.83. The lowest BCUT2D eigenvalue weighted by atomic mass is 10.2. The topological polar surface area (TPSA) is 105 Å². The summed E-state index contributed by atoms with van der Waals surface area (Å²) in [7, 11) is 0. The summed E-state index contributed by atoms with van der Waals surface area (Å²) in [6.45, 7) is 2.51. The van der Waals surface area contributed by atoms with Gasteiger partial charge in [0, 0.05) is 25.2 Å². The highest BCUT2D eigenvalue weighted by atomic mass is 16.5. The van der Waals surface area contributed by atoms with Gasteiger partial charge in [-0.2, -0.15) is 0 Å². The van der Waals surface area contributed by atoms with Crippen molar-refractivity contribution in [1.29, 1.82) is 0 Å². The number of carbonyl (C=O) groups is 4. The lowest BCUT2D eigenvalue weighted by molar-refractivity contribution is -0.123. The number of imide groups is 1. The Bertz CT molecular complexity index is 689. The molecule has 0 spiro atoms. The van der Waals surface area contributed by atoms with E-state index in [1.165, 1.54) is 0 Å². The average Bonchev–Trinajstić information content (AvgIpc) is 3.06. The van der Waals surface area contributed by atoms with E-state index in [0.29, 0.717) is 25.2 Å². The minimum atomic E-state index is -0.710. The minimum absolute atomic E-state index is 0.0176. The molecule has 0 atom stereocenters. The molecule has 0 unspecified atom stereocenters. The van der Waals surface area contributed by atoms with Crippen LogP contribution in [0.5, 0.6) is 0 Å². The summed E-state index contributed by atoms with van der Waals surface area (Å²) >= 11 is 0. The zero-order valence-electron chi connectivity index (χ0n) is 14.7. The van der Waals surface area contributed by atoms with Crippen LogP contribution < -0.4 is 15.5 Å². The van der Waals surface area contributed by atoms with Crippen LogP contribution in [0.1, 0.15) is 43.0 Å². The van der Waals surface area contributed by atoms with Gasteiger partial charge in [-0.25, -0.2) is 9.59 Å². The van der Waals surface area contributed by atoms with E-state index in [1.807, 2.05) is 6.92 Å². The average molecular weight is 361 g/mol. The fourth-order valence-corrected chi connectivity index (χ4v) is 2.52. The van der Waals surface area contributed by atoms with Crippen LogP contribution in [0.4, 0.5) is 10.5 Å². The van der Waals surface area contributed by atoms with Crippen molar-refractivity contribution >= 4 is 29.5 Å². The van der Waals surface area contributed by atoms with Crippen LogP contribution in [0.25, 0.3) is 0 Å². The van der Waals surface area contributed by atoms with E-state index < -0.39 is 24.5 Å².